The molecule has 0 fully saturated rings. The van der Waals surface area contributed by atoms with Crippen molar-refractivity contribution in [3.8, 4) is 0 Å². The molecule has 0 heterocycles. The minimum Gasteiger partial charge on any atom is -0.464 e. The Bertz CT molecular complexity index is 413. The highest BCUT2D eigenvalue weighted by Gasteiger charge is 2.34. The highest BCUT2D eigenvalue weighted by atomic mass is 16.5. The van der Waals surface area contributed by atoms with E-state index in [2.05, 4.69) is 10.2 Å². The first-order valence-corrected chi connectivity index (χ1v) is 6.31. The van der Waals surface area contributed by atoms with Gasteiger partial charge in [0.1, 0.15) is 6.61 Å². The minimum atomic E-state index is -1.28. The van der Waals surface area contributed by atoms with Gasteiger partial charge in [-0.2, -0.15) is 10.2 Å². The number of hydrogen-bond acceptors (Lipinski definition) is 7. The van der Waals surface area contributed by atoms with Gasteiger partial charge in [-0.3, -0.25) is 4.79 Å². The van der Waals surface area contributed by atoms with Gasteiger partial charge < -0.3 is 9.47 Å². The van der Waals surface area contributed by atoms with Crippen LogP contribution in [0.5, 0.6) is 0 Å². The van der Waals surface area contributed by atoms with Gasteiger partial charge in [-0.1, -0.05) is 0 Å². The van der Waals surface area contributed by atoms with Gasteiger partial charge in [0.15, 0.2) is 16.9 Å². The van der Waals surface area contributed by atoms with E-state index in [0.29, 0.717) is 0 Å². The first-order valence-electron chi connectivity index (χ1n) is 6.31. The standard InChI is InChI=1S/C13H22N2O5/c1-7-19-10(17)12(3,4)14-15-13(5,6)11(18)20-8-9(2)16/h7-8H2,1-6H3. The summed E-state index contributed by atoms with van der Waals surface area (Å²) in [6.45, 7) is 8.97. The first-order chi connectivity index (χ1) is 9.03. The topological polar surface area (TPSA) is 94.4 Å². The van der Waals surface area contributed by atoms with Crippen molar-refractivity contribution in [3.05, 3.63) is 0 Å². The Kier molecular flexibility index (Phi) is 6.48. The largest absolute Gasteiger partial charge is 0.464 e. The molecule has 0 aliphatic carbocycles. The fraction of sp³-hybridized carbons (Fsp3) is 0.769. The molecular weight excluding hydrogens is 264 g/mol. The molecule has 0 unspecified atom stereocenters. The van der Waals surface area contributed by atoms with Crippen LogP contribution in [0.4, 0.5) is 0 Å². The van der Waals surface area contributed by atoms with E-state index in [1.165, 1.54) is 34.6 Å². The predicted octanol–water partition coefficient (Wildman–Crippen LogP) is 1.69. The monoisotopic (exact) mass is 286 g/mol. The van der Waals surface area contributed by atoms with Crippen molar-refractivity contribution in [2.45, 2.75) is 52.6 Å². The lowest BCUT2D eigenvalue weighted by molar-refractivity contribution is -0.152. The van der Waals surface area contributed by atoms with Gasteiger partial charge in [-0.15, -0.1) is 0 Å². The number of Topliss-reactive ketones (excluding diaryl/α,β-unsaturated/α-hetero) is 1. The zero-order valence-corrected chi connectivity index (χ0v) is 12.8. The Hall–Kier alpha value is -1.79. The summed E-state index contributed by atoms with van der Waals surface area (Å²) >= 11 is 0. The Morgan fingerprint density at radius 1 is 0.900 bits per heavy atom. The number of rotatable bonds is 7. The molecule has 0 aliphatic rings. The van der Waals surface area contributed by atoms with Crippen molar-refractivity contribution in [2.24, 2.45) is 10.2 Å². The first kappa shape index (κ1) is 18.2. The maximum atomic E-state index is 11.7. The number of nitrogens with zero attached hydrogens (tertiary/aromatic N) is 2. The molecule has 0 spiro atoms. The van der Waals surface area contributed by atoms with Crippen LogP contribution in [-0.4, -0.2) is 42.0 Å². The Morgan fingerprint density at radius 3 is 1.65 bits per heavy atom. The van der Waals surface area contributed by atoms with E-state index < -0.39 is 23.0 Å². The molecular formula is C13H22N2O5. The quantitative estimate of drug-likeness (QED) is 0.524. The molecule has 0 N–H and O–H groups in total. The average molecular weight is 286 g/mol. The lowest BCUT2D eigenvalue weighted by Crippen LogP contribution is -2.35. The summed E-state index contributed by atoms with van der Waals surface area (Å²) in [5, 5.41) is 7.71. The molecule has 7 heteroatoms. The molecule has 0 aliphatic heterocycles. The summed E-state index contributed by atoms with van der Waals surface area (Å²) in [7, 11) is 0. The van der Waals surface area contributed by atoms with Crippen molar-refractivity contribution < 1.29 is 23.9 Å². The molecule has 0 saturated heterocycles. The van der Waals surface area contributed by atoms with Gasteiger partial charge >= 0.3 is 11.9 Å². The van der Waals surface area contributed by atoms with Crippen molar-refractivity contribution in [2.75, 3.05) is 13.2 Å². The molecule has 0 aromatic carbocycles. The second kappa shape index (κ2) is 7.12. The second-order valence-corrected chi connectivity index (χ2v) is 5.32. The highest BCUT2D eigenvalue weighted by Crippen LogP contribution is 2.18. The number of carbonyl (C=O) groups excluding carboxylic acids is 3. The van der Waals surface area contributed by atoms with Crippen LogP contribution in [-0.2, 0) is 23.9 Å². The molecule has 114 valence electrons. The van der Waals surface area contributed by atoms with Crippen molar-refractivity contribution >= 4 is 17.7 Å². The summed E-state index contributed by atoms with van der Waals surface area (Å²) in [6.07, 6.45) is 0. The van der Waals surface area contributed by atoms with Crippen LogP contribution in [0.2, 0.25) is 0 Å². The van der Waals surface area contributed by atoms with Crippen molar-refractivity contribution in [1.82, 2.24) is 0 Å². The number of azo groups is 1. The summed E-state index contributed by atoms with van der Waals surface area (Å²) in [6, 6.07) is 0. The van der Waals surface area contributed by atoms with Crippen LogP contribution in [0.25, 0.3) is 0 Å². The maximum absolute atomic E-state index is 11.7. The summed E-state index contributed by atoms with van der Waals surface area (Å²) in [4.78, 5) is 34.1. The predicted molar refractivity (Wildman–Crippen MR) is 71.3 cm³/mol. The summed E-state index contributed by atoms with van der Waals surface area (Å²) in [5.41, 5.74) is -2.46. The SMILES string of the molecule is CCOC(=O)C(C)(C)N=NC(C)(C)C(=O)OCC(C)=O. The van der Waals surface area contributed by atoms with E-state index in [-0.39, 0.29) is 19.0 Å². The van der Waals surface area contributed by atoms with E-state index in [4.69, 9.17) is 9.47 Å². The zero-order chi connectivity index (χ0) is 16.0. The molecule has 0 atom stereocenters. The maximum Gasteiger partial charge on any atom is 0.335 e. The molecule has 0 bridgehead atoms. The highest BCUT2D eigenvalue weighted by molar-refractivity contribution is 5.84. The van der Waals surface area contributed by atoms with Gasteiger partial charge in [0, 0.05) is 0 Å². The Balaban J connectivity index is 4.80. The fourth-order valence-corrected chi connectivity index (χ4v) is 0.983. The number of ketones is 1. The van der Waals surface area contributed by atoms with Crippen LogP contribution in [0.1, 0.15) is 41.5 Å². The number of hydrogen-bond donors (Lipinski definition) is 0. The normalized spacial score (nSPS) is 12.3. The fourth-order valence-electron chi connectivity index (χ4n) is 0.983. The van der Waals surface area contributed by atoms with E-state index in [1.807, 2.05) is 0 Å². The number of ether oxygens (including phenoxy) is 2. The minimum absolute atomic E-state index is 0.238. The smallest absolute Gasteiger partial charge is 0.335 e. The Labute approximate surface area is 118 Å². The van der Waals surface area contributed by atoms with E-state index in [0.717, 1.165) is 0 Å². The van der Waals surface area contributed by atoms with E-state index in [1.54, 1.807) is 6.92 Å². The molecule has 0 saturated carbocycles. The van der Waals surface area contributed by atoms with Crippen LogP contribution in [0.15, 0.2) is 10.2 Å². The van der Waals surface area contributed by atoms with Gasteiger partial charge in [-0.25, -0.2) is 9.59 Å². The van der Waals surface area contributed by atoms with Crippen LogP contribution in [0, 0.1) is 0 Å². The third-order valence-electron chi connectivity index (χ3n) is 2.23. The molecule has 0 rings (SSSR count). The molecule has 0 amide bonds. The van der Waals surface area contributed by atoms with E-state index >= 15 is 0 Å². The van der Waals surface area contributed by atoms with Crippen molar-refractivity contribution in [1.29, 1.82) is 0 Å². The van der Waals surface area contributed by atoms with Gasteiger partial charge in [-0.05, 0) is 41.5 Å². The lowest BCUT2D eigenvalue weighted by Gasteiger charge is -2.20. The Morgan fingerprint density at radius 2 is 1.30 bits per heavy atom. The molecule has 7 nitrogen and oxygen atoms in total. The molecule has 0 aromatic rings. The zero-order valence-electron chi connectivity index (χ0n) is 12.8. The summed E-state index contributed by atoms with van der Waals surface area (Å²) < 4.78 is 9.64. The molecule has 0 radical (unpaired) electrons. The van der Waals surface area contributed by atoms with Crippen LogP contribution < -0.4 is 0 Å². The lowest BCUT2D eigenvalue weighted by atomic mass is 10.1. The second-order valence-electron chi connectivity index (χ2n) is 5.32. The number of carbonyl (C=O) groups is 3. The van der Waals surface area contributed by atoms with E-state index in [9.17, 15) is 14.4 Å². The average Bonchev–Trinajstić information content (AvgIpc) is 2.34. The van der Waals surface area contributed by atoms with Crippen molar-refractivity contribution in [3.63, 3.8) is 0 Å². The van der Waals surface area contributed by atoms with Gasteiger partial charge in [0.2, 0.25) is 0 Å². The third kappa shape index (κ3) is 5.90. The van der Waals surface area contributed by atoms with Crippen LogP contribution in [0.3, 0.4) is 0 Å². The summed E-state index contributed by atoms with van der Waals surface area (Å²) in [5.74, 6) is -1.48. The van der Waals surface area contributed by atoms with Gasteiger partial charge in [0.05, 0.1) is 6.61 Å². The molecule has 0 aromatic heterocycles. The molecule has 20 heavy (non-hydrogen) atoms. The third-order valence-corrected chi connectivity index (χ3v) is 2.23. The van der Waals surface area contributed by atoms with Crippen LogP contribution >= 0.6 is 0 Å². The van der Waals surface area contributed by atoms with Gasteiger partial charge in [0.25, 0.3) is 0 Å². The number of esters is 2.